The van der Waals surface area contributed by atoms with Crippen molar-refractivity contribution in [2.24, 2.45) is 0 Å². The highest BCUT2D eigenvalue weighted by Gasteiger charge is 2.29. The number of rotatable bonds is 7. The summed E-state index contributed by atoms with van der Waals surface area (Å²) < 4.78 is 5.47. The standard InChI is InChI=1S/C25H24ClNO4/c26-17-7-5-6-16(14-17)24(29)23(28)12-13-27-25(30)31-15-22-20-10-3-1-8-18(20)19-9-2-4-11-21(19)22/h1-11,14,22-24,28-29H,12-13,15H2,(H,27,30). The lowest BCUT2D eigenvalue weighted by Crippen LogP contribution is -2.30. The van der Waals surface area contributed by atoms with Crippen molar-refractivity contribution >= 4 is 17.7 Å². The first kappa shape index (κ1) is 21.4. The van der Waals surface area contributed by atoms with Crippen molar-refractivity contribution in [3.63, 3.8) is 0 Å². The summed E-state index contributed by atoms with van der Waals surface area (Å²) in [4.78, 5) is 12.2. The van der Waals surface area contributed by atoms with Gasteiger partial charge in [0.05, 0.1) is 6.10 Å². The second-order valence-corrected chi connectivity index (χ2v) is 8.04. The van der Waals surface area contributed by atoms with E-state index in [0.717, 1.165) is 11.1 Å². The molecule has 160 valence electrons. The highest BCUT2D eigenvalue weighted by molar-refractivity contribution is 6.30. The van der Waals surface area contributed by atoms with E-state index in [4.69, 9.17) is 16.3 Å². The molecule has 4 rings (SSSR count). The first-order chi connectivity index (χ1) is 15.0. The Labute approximate surface area is 186 Å². The highest BCUT2D eigenvalue weighted by Crippen LogP contribution is 2.44. The molecule has 3 N–H and O–H groups in total. The molecule has 1 aliphatic carbocycles. The monoisotopic (exact) mass is 437 g/mol. The van der Waals surface area contributed by atoms with E-state index in [2.05, 4.69) is 29.6 Å². The molecule has 0 saturated carbocycles. The Bertz CT molecular complexity index is 1030. The molecule has 0 bridgehead atoms. The fourth-order valence-corrected chi connectivity index (χ4v) is 4.24. The average molecular weight is 438 g/mol. The molecular weight excluding hydrogens is 414 g/mol. The van der Waals surface area contributed by atoms with Crippen LogP contribution in [0.2, 0.25) is 5.02 Å². The van der Waals surface area contributed by atoms with Crippen LogP contribution in [0.3, 0.4) is 0 Å². The number of hydrogen-bond acceptors (Lipinski definition) is 4. The van der Waals surface area contributed by atoms with Gasteiger partial charge in [0, 0.05) is 17.5 Å². The number of carbonyl (C=O) groups is 1. The van der Waals surface area contributed by atoms with Crippen LogP contribution in [0.25, 0.3) is 11.1 Å². The lowest BCUT2D eigenvalue weighted by molar-refractivity contribution is 0.0137. The summed E-state index contributed by atoms with van der Waals surface area (Å²) in [5.41, 5.74) is 5.17. The van der Waals surface area contributed by atoms with Crippen LogP contribution in [0.15, 0.2) is 72.8 Å². The molecule has 0 aliphatic heterocycles. The molecular formula is C25H24ClNO4. The molecule has 1 aliphatic rings. The first-order valence-electron chi connectivity index (χ1n) is 10.2. The molecule has 6 heteroatoms. The number of fused-ring (bicyclic) bond motifs is 3. The predicted molar refractivity (Wildman–Crippen MR) is 120 cm³/mol. The summed E-state index contributed by atoms with van der Waals surface area (Å²) in [6, 6.07) is 23.0. The first-order valence-corrected chi connectivity index (χ1v) is 10.6. The van der Waals surface area contributed by atoms with E-state index in [1.54, 1.807) is 24.3 Å². The summed E-state index contributed by atoms with van der Waals surface area (Å²) in [6.07, 6.45) is -2.49. The van der Waals surface area contributed by atoms with Gasteiger partial charge in [0.2, 0.25) is 0 Å². The smallest absolute Gasteiger partial charge is 0.407 e. The quantitative estimate of drug-likeness (QED) is 0.502. The maximum absolute atomic E-state index is 12.2. The fraction of sp³-hybridized carbons (Fsp3) is 0.240. The van der Waals surface area contributed by atoms with Crippen LogP contribution in [0.4, 0.5) is 4.79 Å². The molecule has 5 nitrogen and oxygen atoms in total. The number of hydrogen-bond donors (Lipinski definition) is 3. The second-order valence-electron chi connectivity index (χ2n) is 7.61. The third-order valence-electron chi connectivity index (χ3n) is 5.61. The van der Waals surface area contributed by atoms with Crippen molar-refractivity contribution in [1.82, 2.24) is 5.32 Å². The van der Waals surface area contributed by atoms with Gasteiger partial charge in [-0.3, -0.25) is 0 Å². The molecule has 0 aromatic heterocycles. The number of amides is 1. The maximum Gasteiger partial charge on any atom is 0.407 e. The lowest BCUT2D eigenvalue weighted by atomic mass is 9.98. The molecule has 0 spiro atoms. The molecule has 3 aromatic rings. The van der Waals surface area contributed by atoms with E-state index in [0.29, 0.717) is 10.6 Å². The number of nitrogens with one attached hydrogen (secondary N) is 1. The van der Waals surface area contributed by atoms with Crippen LogP contribution in [0, 0.1) is 0 Å². The van der Waals surface area contributed by atoms with E-state index < -0.39 is 18.3 Å². The van der Waals surface area contributed by atoms with Gasteiger partial charge in [-0.1, -0.05) is 72.3 Å². The Kier molecular flexibility index (Phi) is 6.56. The molecule has 2 atom stereocenters. The Morgan fingerprint density at radius 3 is 2.26 bits per heavy atom. The van der Waals surface area contributed by atoms with Gasteiger partial charge in [0.15, 0.2) is 0 Å². The Hall–Kier alpha value is -2.86. The summed E-state index contributed by atoms with van der Waals surface area (Å²) in [5, 5.41) is 23.6. The number of ether oxygens (including phenoxy) is 1. The normalized spacial score (nSPS) is 14.4. The molecule has 0 fully saturated rings. The van der Waals surface area contributed by atoms with Gasteiger partial charge in [-0.25, -0.2) is 4.79 Å². The Balaban J connectivity index is 1.28. The van der Waals surface area contributed by atoms with Gasteiger partial charge in [-0.15, -0.1) is 0 Å². The van der Waals surface area contributed by atoms with Gasteiger partial charge < -0.3 is 20.3 Å². The van der Waals surface area contributed by atoms with E-state index in [1.807, 2.05) is 24.3 Å². The molecule has 3 aromatic carbocycles. The van der Waals surface area contributed by atoms with Crippen molar-refractivity contribution in [3.05, 3.63) is 94.5 Å². The van der Waals surface area contributed by atoms with Crippen molar-refractivity contribution in [3.8, 4) is 11.1 Å². The van der Waals surface area contributed by atoms with E-state index in [-0.39, 0.29) is 25.5 Å². The minimum Gasteiger partial charge on any atom is -0.449 e. The number of halogens is 1. The molecule has 0 saturated heterocycles. The maximum atomic E-state index is 12.2. The number of carbonyl (C=O) groups excluding carboxylic acids is 1. The number of benzene rings is 3. The minimum absolute atomic E-state index is 0.00612. The summed E-state index contributed by atoms with van der Waals surface area (Å²) in [6.45, 7) is 0.406. The van der Waals surface area contributed by atoms with Gasteiger partial charge in [0.1, 0.15) is 12.7 Å². The van der Waals surface area contributed by atoms with Crippen LogP contribution in [0.5, 0.6) is 0 Å². The predicted octanol–water partition coefficient (Wildman–Crippen LogP) is 4.66. The Morgan fingerprint density at radius 1 is 0.968 bits per heavy atom. The van der Waals surface area contributed by atoms with Crippen molar-refractivity contribution in [2.75, 3.05) is 13.2 Å². The molecule has 31 heavy (non-hydrogen) atoms. The van der Waals surface area contributed by atoms with Crippen LogP contribution < -0.4 is 5.32 Å². The van der Waals surface area contributed by atoms with Gasteiger partial charge in [0.25, 0.3) is 0 Å². The molecule has 1 amide bonds. The van der Waals surface area contributed by atoms with Crippen LogP contribution >= 0.6 is 11.6 Å². The van der Waals surface area contributed by atoms with Gasteiger partial charge >= 0.3 is 6.09 Å². The fourth-order valence-electron chi connectivity index (χ4n) is 4.04. The lowest BCUT2D eigenvalue weighted by Gasteiger charge is -2.19. The van der Waals surface area contributed by atoms with E-state index >= 15 is 0 Å². The number of alkyl carbamates (subject to hydrolysis) is 1. The van der Waals surface area contributed by atoms with E-state index in [1.165, 1.54) is 11.1 Å². The summed E-state index contributed by atoms with van der Waals surface area (Å²) in [7, 11) is 0. The van der Waals surface area contributed by atoms with E-state index in [9.17, 15) is 15.0 Å². The zero-order valence-electron chi connectivity index (χ0n) is 16.9. The SMILES string of the molecule is O=C(NCCC(O)C(O)c1cccc(Cl)c1)OCC1c2ccccc2-c2ccccc21. The zero-order chi connectivity index (χ0) is 21.8. The number of aliphatic hydroxyl groups is 2. The number of aliphatic hydroxyl groups excluding tert-OH is 2. The topological polar surface area (TPSA) is 78.8 Å². The largest absolute Gasteiger partial charge is 0.449 e. The summed E-state index contributed by atoms with van der Waals surface area (Å²) in [5.74, 6) is -0.00612. The highest BCUT2D eigenvalue weighted by atomic mass is 35.5. The zero-order valence-corrected chi connectivity index (χ0v) is 17.6. The Morgan fingerprint density at radius 2 is 1.61 bits per heavy atom. The minimum atomic E-state index is -1.08. The molecule has 2 unspecified atom stereocenters. The van der Waals surface area contributed by atoms with Crippen molar-refractivity contribution in [2.45, 2.75) is 24.5 Å². The average Bonchev–Trinajstić information content (AvgIpc) is 3.11. The van der Waals surface area contributed by atoms with Crippen LogP contribution in [0.1, 0.15) is 35.1 Å². The van der Waals surface area contributed by atoms with Gasteiger partial charge in [-0.05, 0) is 46.4 Å². The van der Waals surface area contributed by atoms with Gasteiger partial charge in [-0.2, -0.15) is 0 Å². The summed E-state index contributed by atoms with van der Waals surface area (Å²) >= 11 is 5.92. The van der Waals surface area contributed by atoms with Crippen molar-refractivity contribution in [1.29, 1.82) is 0 Å². The third kappa shape index (κ3) is 4.74. The molecule has 0 heterocycles. The van der Waals surface area contributed by atoms with Crippen LogP contribution in [-0.2, 0) is 4.74 Å². The second kappa shape index (κ2) is 9.52. The van der Waals surface area contributed by atoms with Crippen molar-refractivity contribution < 1.29 is 19.7 Å². The molecule has 0 radical (unpaired) electrons. The van der Waals surface area contributed by atoms with Crippen LogP contribution in [-0.4, -0.2) is 35.6 Å². The third-order valence-corrected chi connectivity index (χ3v) is 5.84.